The zero-order valence-corrected chi connectivity index (χ0v) is 19.5. The van der Waals surface area contributed by atoms with Crippen LogP contribution in [0, 0.1) is 5.82 Å². The molecular formula is C26H22F4N4O2. The van der Waals surface area contributed by atoms with Gasteiger partial charge in [0.1, 0.15) is 29.4 Å². The van der Waals surface area contributed by atoms with Gasteiger partial charge in [0.2, 0.25) is 5.88 Å². The Labute approximate surface area is 204 Å². The maximum Gasteiger partial charge on any atom is 0.433 e. The number of ketones is 1. The maximum atomic E-state index is 14.7. The van der Waals surface area contributed by atoms with Gasteiger partial charge in [-0.3, -0.25) is 9.78 Å². The highest BCUT2D eigenvalue weighted by atomic mass is 19.4. The normalized spacial score (nSPS) is 11.5. The van der Waals surface area contributed by atoms with Crippen LogP contribution in [0.5, 0.6) is 11.6 Å². The highest BCUT2D eigenvalue weighted by molar-refractivity contribution is 5.86. The number of hydrogen-bond donors (Lipinski definition) is 0. The van der Waals surface area contributed by atoms with Gasteiger partial charge in [0.05, 0.1) is 10.9 Å². The molecule has 4 aromatic rings. The zero-order valence-electron chi connectivity index (χ0n) is 19.5. The van der Waals surface area contributed by atoms with Crippen molar-refractivity contribution in [1.29, 1.82) is 0 Å². The van der Waals surface area contributed by atoms with Crippen LogP contribution < -0.4 is 9.64 Å². The number of anilines is 1. The van der Waals surface area contributed by atoms with E-state index in [2.05, 4.69) is 15.0 Å². The Morgan fingerprint density at radius 3 is 2.47 bits per heavy atom. The Bertz CT molecular complexity index is 1390. The molecule has 0 N–H and O–H groups in total. The van der Waals surface area contributed by atoms with E-state index in [4.69, 9.17) is 4.74 Å². The number of carbonyl (C=O) groups excluding carboxylic acids is 1. The van der Waals surface area contributed by atoms with E-state index in [1.165, 1.54) is 24.5 Å². The number of aryl methyl sites for hydroxylation is 1. The summed E-state index contributed by atoms with van der Waals surface area (Å²) in [5, 5.41) is 0.667. The van der Waals surface area contributed by atoms with E-state index in [0.29, 0.717) is 16.5 Å². The van der Waals surface area contributed by atoms with Crippen molar-refractivity contribution < 1.29 is 27.1 Å². The summed E-state index contributed by atoms with van der Waals surface area (Å²) < 4.78 is 58.3. The molecule has 0 radical (unpaired) electrons. The molecule has 0 amide bonds. The van der Waals surface area contributed by atoms with E-state index in [0.717, 1.165) is 18.0 Å². The molecule has 6 nitrogen and oxygen atoms in total. The number of benzene rings is 2. The fourth-order valence-electron chi connectivity index (χ4n) is 3.55. The predicted octanol–water partition coefficient (Wildman–Crippen LogP) is 5.79. The summed E-state index contributed by atoms with van der Waals surface area (Å²) in [5.74, 6) is -0.360. The average molecular weight is 498 g/mol. The Hall–Kier alpha value is -4.08. The molecule has 0 unspecified atom stereocenters. The van der Waals surface area contributed by atoms with E-state index in [1.54, 1.807) is 6.07 Å². The van der Waals surface area contributed by atoms with Crippen molar-refractivity contribution in [1.82, 2.24) is 15.0 Å². The lowest BCUT2D eigenvalue weighted by Crippen LogP contribution is -2.09. The van der Waals surface area contributed by atoms with Crippen molar-refractivity contribution in [2.24, 2.45) is 0 Å². The van der Waals surface area contributed by atoms with Crippen molar-refractivity contribution >= 4 is 22.4 Å². The molecule has 0 atom stereocenters. The molecule has 0 fully saturated rings. The molecule has 0 aliphatic rings. The van der Waals surface area contributed by atoms with Gasteiger partial charge in [0, 0.05) is 44.9 Å². The third-order valence-corrected chi connectivity index (χ3v) is 5.53. The highest BCUT2D eigenvalue weighted by Crippen LogP contribution is 2.30. The van der Waals surface area contributed by atoms with E-state index in [-0.39, 0.29) is 42.2 Å². The smallest absolute Gasteiger partial charge is 0.433 e. The number of Topliss-reactive ketones (excluding diaryl/α,β-unsaturated/α-hetero) is 1. The molecule has 2 aromatic heterocycles. The standard InChI is InChI=1S/C26H22F4N4O2/c1-34(2)18-6-9-21-23(12-18)32-15-33-25(21)36-20-8-5-17(22(27)13-20)11-19(35)7-3-16-4-10-24(31-14-16)26(28,29)30/h4-6,8-10,12-15H,3,7,11H2,1-2H3. The molecule has 0 aliphatic carbocycles. The predicted molar refractivity (Wildman–Crippen MR) is 127 cm³/mol. The molecule has 0 bridgehead atoms. The number of ether oxygens (including phenoxy) is 1. The summed E-state index contributed by atoms with van der Waals surface area (Å²) >= 11 is 0. The minimum Gasteiger partial charge on any atom is -0.438 e. The van der Waals surface area contributed by atoms with Gasteiger partial charge < -0.3 is 9.64 Å². The number of carbonyl (C=O) groups is 1. The zero-order chi connectivity index (χ0) is 25.9. The fourth-order valence-corrected chi connectivity index (χ4v) is 3.55. The van der Waals surface area contributed by atoms with Crippen LogP contribution in [0.2, 0.25) is 0 Å². The van der Waals surface area contributed by atoms with Crippen molar-refractivity contribution in [2.75, 3.05) is 19.0 Å². The number of aromatic nitrogens is 3. The Morgan fingerprint density at radius 2 is 1.81 bits per heavy atom. The van der Waals surface area contributed by atoms with Crippen LogP contribution in [-0.4, -0.2) is 34.8 Å². The van der Waals surface area contributed by atoms with Crippen LogP contribution in [0.15, 0.2) is 61.1 Å². The van der Waals surface area contributed by atoms with Gasteiger partial charge in [0.15, 0.2) is 0 Å². The summed E-state index contributed by atoms with van der Waals surface area (Å²) in [4.78, 5) is 26.1. The fraction of sp³-hybridized carbons (Fsp3) is 0.231. The van der Waals surface area contributed by atoms with Gasteiger partial charge in [-0.05, 0) is 47.9 Å². The van der Waals surface area contributed by atoms with Crippen molar-refractivity contribution in [3.8, 4) is 11.6 Å². The molecule has 0 aliphatic heterocycles. The Balaban J connectivity index is 1.39. The first kappa shape index (κ1) is 25.0. The first-order chi connectivity index (χ1) is 17.1. The molecule has 36 heavy (non-hydrogen) atoms. The maximum absolute atomic E-state index is 14.7. The van der Waals surface area contributed by atoms with Gasteiger partial charge >= 0.3 is 6.18 Å². The lowest BCUT2D eigenvalue weighted by molar-refractivity contribution is -0.141. The van der Waals surface area contributed by atoms with Crippen LogP contribution in [0.3, 0.4) is 0 Å². The second kappa shape index (κ2) is 10.3. The van der Waals surface area contributed by atoms with Crippen molar-refractivity contribution in [2.45, 2.75) is 25.4 Å². The Morgan fingerprint density at radius 1 is 1.00 bits per heavy atom. The van der Waals surface area contributed by atoms with E-state index in [9.17, 15) is 22.4 Å². The molecule has 0 spiro atoms. The number of rotatable bonds is 8. The quantitative estimate of drug-likeness (QED) is 0.287. The van der Waals surface area contributed by atoms with Crippen LogP contribution in [-0.2, 0) is 23.8 Å². The topological polar surface area (TPSA) is 68.2 Å². The van der Waals surface area contributed by atoms with E-state index < -0.39 is 17.7 Å². The van der Waals surface area contributed by atoms with Crippen molar-refractivity contribution in [3.63, 3.8) is 0 Å². The average Bonchev–Trinajstić information content (AvgIpc) is 2.84. The van der Waals surface area contributed by atoms with Gasteiger partial charge in [-0.25, -0.2) is 14.4 Å². The summed E-state index contributed by atoms with van der Waals surface area (Å²) in [7, 11) is 3.83. The monoisotopic (exact) mass is 498 g/mol. The van der Waals surface area contributed by atoms with Crippen molar-refractivity contribution in [3.05, 3.63) is 83.7 Å². The summed E-state index contributed by atoms with van der Waals surface area (Å²) in [6, 6.07) is 12.0. The molecule has 0 saturated carbocycles. The van der Waals surface area contributed by atoms with Gasteiger partial charge in [-0.2, -0.15) is 13.2 Å². The third kappa shape index (κ3) is 5.94. The van der Waals surface area contributed by atoms with E-state index in [1.807, 2.05) is 37.2 Å². The number of hydrogen-bond acceptors (Lipinski definition) is 6. The number of nitrogens with zero attached hydrogens (tertiary/aromatic N) is 4. The first-order valence-corrected chi connectivity index (χ1v) is 11.0. The molecule has 4 rings (SSSR count). The number of fused-ring (bicyclic) bond motifs is 1. The Kier molecular flexibility index (Phi) is 7.14. The molecule has 2 heterocycles. The van der Waals surface area contributed by atoms with E-state index >= 15 is 0 Å². The van der Waals surface area contributed by atoms with Crippen LogP contribution in [0.25, 0.3) is 10.9 Å². The highest BCUT2D eigenvalue weighted by Gasteiger charge is 2.32. The largest absolute Gasteiger partial charge is 0.438 e. The van der Waals surface area contributed by atoms with Gasteiger partial charge in [-0.15, -0.1) is 0 Å². The lowest BCUT2D eigenvalue weighted by atomic mass is 10.0. The first-order valence-electron chi connectivity index (χ1n) is 11.0. The summed E-state index contributed by atoms with van der Waals surface area (Å²) in [6.45, 7) is 0. The molecule has 10 heteroatoms. The molecule has 186 valence electrons. The number of halogens is 4. The van der Waals surface area contributed by atoms with Gasteiger partial charge in [-0.1, -0.05) is 12.1 Å². The van der Waals surface area contributed by atoms with Crippen LogP contribution in [0.1, 0.15) is 23.2 Å². The number of pyridine rings is 1. The van der Waals surface area contributed by atoms with Gasteiger partial charge in [0.25, 0.3) is 0 Å². The van der Waals surface area contributed by atoms with Crippen LogP contribution >= 0.6 is 0 Å². The second-order valence-electron chi connectivity index (χ2n) is 8.39. The summed E-state index contributed by atoms with van der Waals surface area (Å²) in [5.41, 5.74) is 1.34. The molecular weight excluding hydrogens is 476 g/mol. The molecule has 0 saturated heterocycles. The summed E-state index contributed by atoms with van der Waals surface area (Å²) in [6.07, 6.45) is -1.94. The second-order valence-corrected chi connectivity index (χ2v) is 8.39. The minimum absolute atomic E-state index is 0.0482. The minimum atomic E-state index is -4.52. The van der Waals surface area contributed by atoms with Crippen LogP contribution in [0.4, 0.5) is 23.2 Å². The molecule has 2 aromatic carbocycles. The SMILES string of the molecule is CN(C)c1ccc2c(Oc3ccc(CC(=O)CCc4ccc(C(F)(F)F)nc4)c(F)c3)ncnc2c1. The third-order valence-electron chi connectivity index (χ3n) is 5.53. The lowest BCUT2D eigenvalue weighted by Gasteiger charge is -2.14. The number of alkyl halides is 3.